The minimum Gasteiger partial charge on any atom is -0.356 e. The number of carbonyl (C=O) groups is 1. The molecular weight excluding hydrogens is 188 g/mol. The van der Waals surface area contributed by atoms with E-state index in [1.165, 1.54) is 32.1 Å². The number of nitrogens with one attached hydrogen (secondary N) is 2. The van der Waals surface area contributed by atoms with Gasteiger partial charge in [-0.25, -0.2) is 0 Å². The molecule has 0 aromatic heterocycles. The molecule has 3 nitrogen and oxygen atoms in total. The molecule has 0 radical (unpaired) electrons. The molecule has 2 aliphatic rings. The average molecular weight is 210 g/mol. The van der Waals surface area contributed by atoms with Gasteiger partial charge in [0.05, 0.1) is 5.92 Å². The molecule has 1 aliphatic heterocycles. The van der Waals surface area contributed by atoms with E-state index in [-0.39, 0.29) is 11.8 Å². The lowest BCUT2D eigenvalue weighted by molar-refractivity contribution is -0.125. The first-order valence-corrected chi connectivity index (χ1v) is 6.39. The fourth-order valence-corrected chi connectivity index (χ4v) is 2.75. The van der Waals surface area contributed by atoms with Gasteiger partial charge in [0.1, 0.15) is 0 Å². The molecule has 2 rings (SSSR count). The Labute approximate surface area is 92.0 Å². The Morgan fingerprint density at radius 3 is 2.60 bits per heavy atom. The zero-order valence-corrected chi connectivity index (χ0v) is 9.43. The maximum absolute atomic E-state index is 11.9. The van der Waals surface area contributed by atoms with E-state index in [4.69, 9.17) is 0 Å². The summed E-state index contributed by atoms with van der Waals surface area (Å²) in [6, 6.07) is 0.447. The van der Waals surface area contributed by atoms with E-state index in [0.29, 0.717) is 6.04 Å². The molecule has 0 spiro atoms. The topological polar surface area (TPSA) is 41.1 Å². The van der Waals surface area contributed by atoms with Crippen LogP contribution in [0.5, 0.6) is 0 Å². The van der Waals surface area contributed by atoms with Crippen molar-refractivity contribution in [3.8, 4) is 0 Å². The number of carbonyl (C=O) groups excluding carboxylic acids is 1. The van der Waals surface area contributed by atoms with Gasteiger partial charge < -0.3 is 10.6 Å². The summed E-state index contributed by atoms with van der Waals surface area (Å²) in [7, 11) is 0. The fourth-order valence-electron chi connectivity index (χ4n) is 2.75. The third-order valence-electron chi connectivity index (χ3n) is 3.66. The molecule has 1 heterocycles. The maximum atomic E-state index is 11.9. The number of amides is 1. The smallest absolute Gasteiger partial charge is 0.224 e. The van der Waals surface area contributed by atoms with Crippen LogP contribution in [0.4, 0.5) is 0 Å². The Hall–Kier alpha value is -0.570. The van der Waals surface area contributed by atoms with Crippen molar-refractivity contribution in [2.75, 3.05) is 13.1 Å². The van der Waals surface area contributed by atoms with E-state index >= 15 is 0 Å². The second kappa shape index (κ2) is 5.50. The maximum Gasteiger partial charge on any atom is 0.224 e. The minimum atomic E-state index is 0.239. The predicted molar refractivity (Wildman–Crippen MR) is 60.6 cm³/mol. The van der Waals surface area contributed by atoms with Gasteiger partial charge in [-0.2, -0.15) is 0 Å². The monoisotopic (exact) mass is 210 g/mol. The first-order chi connectivity index (χ1) is 7.38. The van der Waals surface area contributed by atoms with Crippen molar-refractivity contribution in [1.82, 2.24) is 10.6 Å². The number of fused-ring (bicyclic) bond motifs is 1. The zero-order valence-electron chi connectivity index (χ0n) is 9.43. The zero-order chi connectivity index (χ0) is 10.5. The first kappa shape index (κ1) is 10.9. The van der Waals surface area contributed by atoms with Crippen LogP contribution >= 0.6 is 0 Å². The van der Waals surface area contributed by atoms with Crippen LogP contribution in [0.15, 0.2) is 0 Å². The van der Waals surface area contributed by atoms with Crippen molar-refractivity contribution >= 4 is 5.91 Å². The van der Waals surface area contributed by atoms with Gasteiger partial charge in [0.25, 0.3) is 0 Å². The molecule has 1 saturated carbocycles. The van der Waals surface area contributed by atoms with Gasteiger partial charge in [0, 0.05) is 12.6 Å². The van der Waals surface area contributed by atoms with E-state index in [9.17, 15) is 4.79 Å². The standard InChI is InChI=1S/C12H22N2O/c15-12-10-6-5-7-11(10)13-8-3-1-2-4-9-14-12/h10-11,13H,1-9H2,(H,14,15)/t10-,11-/m1/s1. The van der Waals surface area contributed by atoms with Gasteiger partial charge in [0.15, 0.2) is 0 Å². The summed E-state index contributed by atoms with van der Waals surface area (Å²) in [5.41, 5.74) is 0. The lowest BCUT2D eigenvalue weighted by Gasteiger charge is -2.19. The molecule has 2 N–H and O–H groups in total. The second-order valence-corrected chi connectivity index (χ2v) is 4.80. The molecular formula is C12H22N2O. The summed E-state index contributed by atoms with van der Waals surface area (Å²) in [6.45, 7) is 1.97. The largest absolute Gasteiger partial charge is 0.356 e. The SMILES string of the molecule is O=C1NCCCCCCN[C@@H]2CCC[C@@H]12. The molecule has 15 heavy (non-hydrogen) atoms. The van der Waals surface area contributed by atoms with Gasteiger partial charge in [0.2, 0.25) is 5.91 Å². The van der Waals surface area contributed by atoms with Crippen molar-refractivity contribution in [2.45, 2.75) is 51.0 Å². The van der Waals surface area contributed by atoms with Crippen molar-refractivity contribution in [2.24, 2.45) is 5.92 Å². The molecule has 0 aromatic carbocycles. The van der Waals surface area contributed by atoms with Gasteiger partial charge in [-0.15, -0.1) is 0 Å². The van der Waals surface area contributed by atoms with E-state index in [1.54, 1.807) is 0 Å². The first-order valence-electron chi connectivity index (χ1n) is 6.39. The highest BCUT2D eigenvalue weighted by molar-refractivity contribution is 5.79. The highest BCUT2D eigenvalue weighted by Crippen LogP contribution is 2.26. The summed E-state index contributed by atoms with van der Waals surface area (Å²) >= 11 is 0. The summed E-state index contributed by atoms with van der Waals surface area (Å²) in [5.74, 6) is 0.523. The molecule has 1 saturated heterocycles. The third-order valence-corrected chi connectivity index (χ3v) is 3.66. The highest BCUT2D eigenvalue weighted by atomic mass is 16.1. The molecule has 0 unspecified atom stereocenters. The molecule has 0 bridgehead atoms. The lowest BCUT2D eigenvalue weighted by atomic mass is 10.0. The number of hydrogen-bond acceptors (Lipinski definition) is 2. The molecule has 2 atom stereocenters. The van der Waals surface area contributed by atoms with Gasteiger partial charge >= 0.3 is 0 Å². The average Bonchev–Trinajstić information content (AvgIpc) is 2.68. The Kier molecular flexibility index (Phi) is 4.01. The lowest BCUT2D eigenvalue weighted by Crippen LogP contribution is -2.41. The van der Waals surface area contributed by atoms with Gasteiger partial charge in [-0.3, -0.25) is 4.79 Å². The molecule has 0 aromatic rings. The van der Waals surface area contributed by atoms with Crippen LogP contribution in [0.25, 0.3) is 0 Å². The van der Waals surface area contributed by atoms with Crippen molar-refractivity contribution in [1.29, 1.82) is 0 Å². The van der Waals surface area contributed by atoms with Crippen molar-refractivity contribution in [3.63, 3.8) is 0 Å². The molecule has 1 amide bonds. The summed E-state index contributed by atoms with van der Waals surface area (Å²) in [6.07, 6.45) is 8.40. The Balaban J connectivity index is 1.93. The Morgan fingerprint density at radius 1 is 0.933 bits per heavy atom. The molecule has 3 heteroatoms. The number of hydrogen-bond donors (Lipinski definition) is 2. The van der Waals surface area contributed by atoms with E-state index < -0.39 is 0 Å². The van der Waals surface area contributed by atoms with E-state index in [2.05, 4.69) is 10.6 Å². The Bertz CT molecular complexity index is 218. The third kappa shape index (κ3) is 2.94. The molecule has 1 aliphatic carbocycles. The Morgan fingerprint density at radius 2 is 1.73 bits per heavy atom. The summed E-state index contributed by atoms with van der Waals surface area (Å²) in [4.78, 5) is 11.9. The van der Waals surface area contributed by atoms with Crippen LogP contribution in [-0.4, -0.2) is 25.0 Å². The number of rotatable bonds is 0. The molecule has 86 valence electrons. The highest BCUT2D eigenvalue weighted by Gasteiger charge is 2.32. The second-order valence-electron chi connectivity index (χ2n) is 4.80. The van der Waals surface area contributed by atoms with E-state index in [1.807, 2.05) is 0 Å². The van der Waals surface area contributed by atoms with E-state index in [0.717, 1.165) is 25.9 Å². The van der Waals surface area contributed by atoms with Crippen LogP contribution in [0, 0.1) is 5.92 Å². The van der Waals surface area contributed by atoms with Crippen LogP contribution in [0.3, 0.4) is 0 Å². The summed E-state index contributed by atoms with van der Waals surface area (Å²) in [5, 5.41) is 6.62. The fraction of sp³-hybridized carbons (Fsp3) is 0.917. The molecule has 2 fully saturated rings. The van der Waals surface area contributed by atoms with Crippen molar-refractivity contribution in [3.05, 3.63) is 0 Å². The van der Waals surface area contributed by atoms with Gasteiger partial charge in [-0.1, -0.05) is 19.3 Å². The predicted octanol–water partition coefficient (Wildman–Crippen LogP) is 1.43. The van der Waals surface area contributed by atoms with Gasteiger partial charge in [-0.05, 0) is 32.2 Å². The normalized spacial score (nSPS) is 34.0. The summed E-state index contributed by atoms with van der Waals surface area (Å²) < 4.78 is 0. The minimum absolute atomic E-state index is 0.239. The quantitative estimate of drug-likeness (QED) is 0.635. The van der Waals surface area contributed by atoms with Crippen molar-refractivity contribution < 1.29 is 4.79 Å². The van der Waals surface area contributed by atoms with Crippen LogP contribution in [0.1, 0.15) is 44.9 Å². The van der Waals surface area contributed by atoms with Crippen LogP contribution in [0.2, 0.25) is 0 Å². The van der Waals surface area contributed by atoms with Crippen LogP contribution in [-0.2, 0) is 4.79 Å². The van der Waals surface area contributed by atoms with Crippen LogP contribution < -0.4 is 10.6 Å².